The molecular formula is C18H19ClN4O. The summed E-state index contributed by atoms with van der Waals surface area (Å²) in [5.41, 5.74) is 9.87. The first-order chi connectivity index (χ1) is 11.5. The highest BCUT2D eigenvalue weighted by Gasteiger charge is 2.37. The number of H-pyrrole nitrogens is 1. The van der Waals surface area contributed by atoms with E-state index in [-0.39, 0.29) is 17.3 Å². The first-order valence-electron chi connectivity index (χ1n) is 8.12. The van der Waals surface area contributed by atoms with Crippen molar-refractivity contribution < 1.29 is 4.79 Å². The molecule has 0 radical (unpaired) electrons. The normalized spacial score (nSPS) is 23.0. The summed E-state index contributed by atoms with van der Waals surface area (Å²) in [6.07, 6.45) is 5.34. The molecule has 5 nitrogen and oxygen atoms in total. The maximum absolute atomic E-state index is 12.7. The van der Waals surface area contributed by atoms with Crippen LogP contribution in [0.5, 0.6) is 0 Å². The SMILES string of the molecule is CC(N)C(=O)N1c2ccccc2CC1c1nc2c([nH]1)CC(Cl)C=C2. The zero-order valence-electron chi connectivity index (χ0n) is 13.4. The van der Waals surface area contributed by atoms with Gasteiger partial charge in [-0.15, -0.1) is 11.6 Å². The Morgan fingerprint density at radius 1 is 1.42 bits per heavy atom. The molecule has 2 heterocycles. The number of fused-ring (bicyclic) bond motifs is 2. The number of nitrogens with zero attached hydrogens (tertiary/aromatic N) is 2. The molecule has 0 saturated carbocycles. The number of imidazole rings is 1. The third-order valence-corrected chi connectivity index (χ3v) is 4.91. The number of amides is 1. The molecule has 1 aromatic heterocycles. The number of para-hydroxylation sites is 1. The van der Waals surface area contributed by atoms with Crippen molar-refractivity contribution in [2.24, 2.45) is 5.73 Å². The molecule has 0 bridgehead atoms. The van der Waals surface area contributed by atoms with Crippen LogP contribution in [0.1, 0.15) is 35.7 Å². The predicted molar refractivity (Wildman–Crippen MR) is 95.0 cm³/mol. The van der Waals surface area contributed by atoms with E-state index < -0.39 is 6.04 Å². The number of rotatable bonds is 2. The van der Waals surface area contributed by atoms with Gasteiger partial charge in [0.25, 0.3) is 0 Å². The minimum Gasteiger partial charge on any atom is -0.344 e. The quantitative estimate of drug-likeness (QED) is 0.824. The third-order valence-electron chi connectivity index (χ3n) is 4.61. The van der Waals surface area contributed by atoms with Crippen LogP contribution in [0.3, 0.4) is 0 Å². The van der Waals surface area contributed by atoms with Crippen molar-refractivity contribution in [1.29, 1.82) is 0 Å². The lowest BCUT2D eigenvalue weighted by atomic mass is 10.1. The van der Waals surface area contributed by atoms with Crippen LogP contribution in [0.25, 0.3) is 6.08 Å². The minimum absolute atomic E-state index is 0.0200. The Morgan fingerprint density at radius 3 is 3.00 bits per heavy atom. The number of aromatic nitrogens is 2. The van der Waals surface area contributed by atoms with Gasteiger partial charge in [0, 0.05) is 24.2 Å². The lowest BCUT2D eigenvalue weighted by Crippen LogP contribution is -2.43. The van der Waals surface area contributed by atoms with Crippen LogP contribution in [0.4, 0.5) is 5.69 Å². The van der Waals surface area contributed by atoms with Crippen LogP contribution in [-0.4, -0.2) is 27.3 Å². The van der Waals surface area contributed by atoms with Gasteiger partial charge in [-0.2, -0.15) is 0 Å². The van der Waals surface area contributed by atoms with Crippen molar-refractivity contribution in [3.8, 4) is 0 Å². The number of hydrogen-bond donors (Lipinski definition) is 2. The second-order valence-corrected chi connectivity index (χ2v) is 6.97. The minimum atomic E-state index is -0.560. The number of nitrogens with two attached hydrogens (primary N) is 1. The van der Waals surface area contributed by atoms with Gasteiger partial charge in [-0.25, -0.2) is 4.98 Å². The van der Waals surface area contributed by atoms with Crippen LogP contribution >= 0.6 is 11.6 Å². The zero-order chi connectivity index (χ0) is 16.8. The second kappa shape index (κ2) is 5.76. The molecule has 2 aliphatic rings. The molecule has 0 saturated heterocycles. The zero-order valence-corrected chi connectivity index (χ0v) is 14.1. The largest absolute Gasteiger partial charge is 0.344 e. The number of aromatic amines is 1. The molecule has 1 aliphatic carbocycles. The van der Waals surface area contributed by atoms with Gasteiger partial charge in [-0.05, 0) is 24.6 Å². The lowest BCUT2D eigenvalue weighted by molar-refractivity contribution is -0.119. The standard InChI is InChI=1S/C18H19ClN4O/c1-10(20)18(24)23-15-5-3-2-4-11(15)8-16(23)17-21-13-7-6-12(19)9-14(13)22-17/h2-7,10,12,16H,8-9,20H2,1H3,(H,21,22). The van der Waals surface area contributed by atoms with E-state index in [4.69, 9.17) is 22.3 Å². The van der Waals surface area contributed by atoms with E-state index in [9.17, 15) is 4.79 Å². The Morgan fingerprint density at radius 2 is 2.21 bits per heavy atom. The average molecular weight is 343 g/mol. The van der Waals surface area contributed by atoms with Crippen LogP contribution in [0, 0.1) is 0 Å². The highest BCUT2D eigenvalue weighted by Crippen LogP contribution is 2.40. The molecule has 1 aromatic carbocycles. The van der Waals surface area contributed by atoms with Crippen LogP contribution in [-0.2, 0) is 17.6 Å². The Kier molecular flexibility index (Phi) is 3.70. The third kappa shape index (κ3) is 2.44. The number of benzene rings is 1. The van der Waals surface area contributed by atoms with Crippen molar-refractivity contribution >= 4 is 29.3 Å². The van der Waals surface area contributed by atoms with Crippen molar-refractivity contribution in [1.82, 2.24) is 9.97 Å². The summed E-state index contributed by atoms with van der Waals surface area (Å²) in [6.45, 7) is 1.72. The van der Waals surface area contributed by atoms with E-state index in [1.807, 2.05) is 36.4 Å². The molecule has 4 rings (SSSR count). The predicted octanol–water partition coefficient (Wildman–Crippen LogP) is 2.56. The first-order valence-corrected chi connectivity index (χ1v) is 8.56. The van der Waals surface area contributed by atoms with Gasteiger partial charge < -0.3 is 10.7 Å². The fraction of sp³-hybridized carbons (Fsp3) is 0.333. The van der Waals surface area contributed by atoms with Gasteiger partial charge in [0.2, 0.25) is 5.91 Å². The second-order valence-electron chi connectivity index (χ2n) is 6.41. The summed E-state index contributed by atoms with van der Waals surface area (Å²) in [5, 5.41) is -0.0200. The van der Waals surface area contributed by atoms with Gasteiger partial charge in [0.1, 0.15) is 5.82 Å². The summed E-state index contributed by atoms with van der Waals surface area (Å²) in [5.74, 6) is 0.700. The number of halogens is 1. The molecule has 3 atom stereocenters. The maximum atomic E-state index is 12.7. The van der Waals surface area contributed by atoms with E-state index in [0.29, 0.717) is 0 Å². The van der Waals surface area contributed by atoms with E-state index in [1.165, 1.54) is 0 Å². The molecule has 3 unspecified atom stereocenters. The molecule has 2 aromatic rings. The Balaban J connectivity index is 1.75. The van der Waals surface area contributed by atoms with Crippen LogP contribution in [0.2, 0.25) is 0 Å². The molecule has 0 fully saturated rings. The van der Waals surface area contributed by atoms with Gasteiger partial charge in [-0.3, -0.25) is 9.69 Å². The van der Waals surface area contributed by atoms with Gasteiger partial charge in [0.15, 0.2) is 0 Å². The summed E-state index contributed by atoms with van der Waals surface area (Å²) in [4.78, 5) is 22.6. The number of carbonyl (C=O) groups excluding carboxylic acids is 1. The van der Waals surface area contributed by atoms with E-state index in [2.05, 4.69) is 4.98 Å². The summed E-state index contributed by atoms with van der Waals surface area (Å²) < 4.78 is 0. The number of carbonyl (C=O) groups is 1. The molecule has 0 spiro atoms. The van der Waals surface area contributed by atoms with Crippen molar-refractivity contribution in [3.05, 3.63) is 53.1 Å². The summed E-state index contributed by atoms with van der Waals surface area (Å²) >= 11 is 6.19. The van der Waals surface area contributed by atoms with Gasteiger partial charge in [0.05, 0.1) is 23.2 Å². The van der Waals surface area contributed by atoms with Crippen molar-refractivity contribution in [2.45, 2.75) is 37.2 Å². The number of anilines is 1. The van der Waals surface area contributed by atoms with Crippen LogP contribution < -0.4 is 10.6 Å². The van der Waals surface area contributed by atoms with Crippen molar-refractivity contribution in [2.75, 3.05) is 4.90 Å². The Labute approximate surface area is 145 Å². The smallest absolute Gasteiger partial charge is 0.244 e. The van der Waals surface area contributed by atoms with E-state index in [1.54, 1.807) is 11.8 Å². The number of alkyl halides is 1. The topological polar surface area (TPSA) is 75.0 Å². The fourth-order valence-electron chi connectivity index (χ4n) is 3.45. The van der Waals surface area contributed by atoms with Crippen molar-refractivity contribution in [3.63, 3.8) is 0 Å². The summed E-state index contributed by atoms with van der Waals surface area (Å²) in [7, 11) is 0. The molecule has 24 heavy (non-hydrogen) atoms. The van der Waals surface area contributed by atoms with E-state index >= 15 is 0 Å². The molecule has 1 aliphatic heterocycles. The van der Waals surface area contributed by atoms with E-state index in [0.717, 1.165) is 41.3 Å². The lowest BCUT2D eigenvalue weighted by Gasteiger charge is -2.26. The first kappa shape index (κ1) is 15.4. The number of nitrogens with one attached hydrogen (secondary N) is 1. The average Bonchev–Trinajstić information content (AvgIpc) is 3.14. The Bertz CT molecular complexity index is 826. The number of hydrogen-bond acceptors (Lipinski definition) is 3. The summed E-state index contributed by atoms with van der Waals surface area (Å²) in [6, 6.07) is 7.23. The molecule has 3 N–H and O–H groups in total. The molecule has 124 valence electrons. The fourth-order valence-corrected chi connectivity index (χ4v) is 3.68. The molecule has 6 heteroatoms. The highest BCUT2D eigenvalue weighted by molar-refractivity contribution is 6.22. The Hall–Kier alpha value is -2.11. The van der Waals surface area contributed by atoms with Gasteiger partial charge in [-0.1, -0.05) is 24.3 Å². The molecule has 1 amide bonds. The monoisotopic (exact) mass is 342 g/mol. The van der Waals surface area contributed by atoms with Crippen LogP contribution in [0.15, 0.2) is 30.3 Å². The number of allylic oxidation sites excluding steroid dienone is 1. The van der Waals surface area contributed by atoms with Gasteiger partial charge >= 0.3 is 0 Å². The maximum Gasteiger partial charge on any atom is 0.244 e. The highest BCUT2D eigenvalue weighted by atomic mass is 35.5. The molecular weight excluding hydrogens is 324 g/mol.